The fourth-order valence-electron chi connectivity index (χ4n) is 4.80. The number of unbranched alkanes of at least 4 members (excludes halogenated alkanes) is 3. The zero-order chi connectivity index (χ0) is 23.8. The summed E-state index contributed by atoms with van der Waals surface area (Å²) in [4.78, 5) is 33.1. The van der Waals surface area contributed by atoms with Crippen LogP contribution in [0.15, 0.2) is 18.3 Å². The number of pyridine rings is 1. The van der Waals surface area contributed by atoms with E-state index in [1.54, 1.807) is 9.80 Å². The van der Waals surface area contributed by atoms with E-state index in [-0.39, 0.29) is 30.1 Å². The molecule has 33 heavy (non-hydrogen) atoms. The molecule has 6 nitrogen and oxygen atoms in total. The summed E-state index contributed by atoms with van der Waals surface area (Å²) in [7, 11) is 0. The molecule has 1 aromatic heterocycles. The van der Waals surface area contributed by atoms with Gasteiger partial charge in [0.05, 0.1) is 17.4 Å². The SMILES string of the molecule is CCCCCCNC(=O)C1CCCN(C(=O)C2CCCN(c3ncccc3C(F)(F)F)C2)C1. The Kier molecular flexibility index (Phi) is 8.97. The molecule has 0 radical (unpaired) electrons. The molecule has 2 aliphatic rings. The highest BCUT2D eigenvalue weighted by molar-refractivity contribution is 5.83. The molecular formula is C24H35F3N4O2. The number of alkyl halides is 3. The van der Waals surface area contributed by atoms with Crippen molar-refractivity contribution in [2.45, 2.75) is 64.5 Å². The topological polar surface area (TPSA) is 65.5 Å². The monoisotopic (exact) mass is 468 g/mol. The van der Waals surface area contributed by atoms with E-state index in [0.29, 0.717) is 39.0 Å². The number of nitrogens with one attached hydrogen (secondary N) is 1. The quantitative estimate of drug-likeness (QED) is 0.580. The van der Waals surface area contributed by atoms with Gasteiger partial charge in [0.15, 0.2) is 0 Å². The maximum atomic E-state index is 13.4. The first-order chi connectivity index (χ1) is 15.8. The summed E-state index contributed by atoms with van der Waals surface area (Å²) in [5.74, 6) is -0.789. The van der Waals surface area contributed by atoms with Gasteiger partial charge in [-0.3, -0.25) is 9.59 Å². The van der Waals surface area contributed by atoms with Crippen molar-refractivity contribution < 1.29 is 22.8 Å². The Labute approximate surface area is 193 Å². The van der Waals surface area contributed by atoms with E-state index in [4.69, 9.17) is 0 Å². The standard InChI is InChI=1S/C24H35F3N4O2/c1-2-3-4-5-12-29-22(32)18-9-7-15-31(16-18)23(33)19-10-8-14-30(17-19)21-20(24(25,26)27)11-6-13-28-21/h6,11,13,18-19H,2-5,7-10,12,14-17H2,1H3,(H,29,32). The van der Waals surface area contributed by atoms with Crippen LogP contribution in [0, 0.1) is 11.8 Å². The van der Waals surface area contributed by atoms with Crippen LogP contribution in [-0.2, 0) is 15.8 Å². The molecule has 2 fully saturated rings. The van der Waals surface area contributed by atoms with Gasteiger partial charge in [-0.2, -0.15) is 13.2 Å². The van der Waals surface area contributed by atoms with Crippen LogP contribution < -0.4 is 10.2 Å². The van der Waals surface area contributed by atoms with E-state index in [1.165, 1.54) is 12.3 Å². The van der Waals surface area contributed by atoms with Gasteiger partial charge in [-0.25, -0.2) is 4.98 Å². The van der Waals surface area contributed by atoms with Gasteiger partial charge in [-0.15, -0.1) is 0 Å². The summed E-state index contributed by atoms with van der Waals surface area (Å²) in [6, 6.07) is 2.31. The second-order valence-electron chi connectivity index (χ2n) is 9.13. The number of hydrogen-bond donors (Lipinski definition) is 1. The van der Waals surface area contributed by atoms with E-state index >= 15 is 0 Å². The Morgan fingerprint density at radius 2 is 1.85 bits per heavy atom. The lowest BCUT2D eigenvalue weighted by atomic mass is 9.92. The number of amides is 2. The third kappa shape index (κ3) is 6.84. The maximum absolute atomic E-state index is 13.4. The Balaban J connectivity index is 1.58. The minimum atomic E-state index is -4.50. The average molecular weight is 469 g/mol. The molecule has 3 heterocycles. The number of carbonyl (C=O) groups is 2. The summed E-state index contributed by atoms with van der Waals surface area (Å²) in [5, 5.41) is 3.00. The number of hydrogen-bond acceptors (Lipinski definition) is 4. The van der Waals surface area contributed by atoms with Gasteiger partial charge in [0.2, 0.25) is 11.8 Å². The highest BCUT2D eigenvalue weighted by Gasteiger charge is 2.38. The first-order valence-electron chi connectivity index (χ1n) is 12.1. The Morgan fingerprint density at radius 3 is 2.61 bits per heavy atom. The summed E-state index contributed by atoms with van der Waals surface area (Å²) >= 11 is 0. The number of rotatable bonds is 8. The molecule has 0 spiro atoms. The average Bonchev–Trinajstić information content (AvgIpc) is 2.83. The zero-order valence-electron chi connectivity index (χ0n) is 19.4. The zero-order valence-corrected chi connectivity index (χ0v) is 19.4. The number of likely N-dealkylation sites (tertiary alicyclic amines) is 1. The van der Waals surface area contributed by atoms with E-state index in [1.807, 2.05) is 0 Å². The van der Waals surface area contributed by atoms with Crippen LogP contribution in [0.25, 0.3) is 0 Å². The Bertz CT molecular complexity index is 802. The molecule has 0 saturated carbocycles. The first-order valence-corrected chi connectivity index (χ1v) is 12.1. The fraction of sp³-hybridized carbons (Fsp3) is 0.708. The fourth-order valence-corrected chi connectivity index (χ4v) is 4.80. The summed E-state index contributed by atoms with van der Waals surface area (Å²) in [5.41, 5.74) is -0.772. The van der Waals surface area contributed by atoms with Gasteiger partial charge in [0, 0.05) is 38.9 Å². The van der Waals surface area contributed by atoms with Gasteiger partial charge < -0.3 is 15.1 Å². The molecule has 3 rings (SSSR count). The predicted octanol–water partition coefficient (Wildman–Crippen LogP) is 4.25. The molecular weight excluding hydrogens is 433 g/mol. The highest BCUT2D eigenvalue weighted by atomic mass is 19.4. The molecule has 1 aromatic rings. The summed E-state index contributed by atoms with van der Waals surface area (Å²) in [6.07, 6.45) is 3.98. The minimum Gasteiger partial charge on any atom is -0.356 e. The van der Waals surface area contributed by atoms with Gasteiger partial charge in [-0.05, 0) is 44.2 Å². The molecule has 1 N–H and O–H groups in total. The van der Waals surface area contributed by atoms with E-state index in [0.717, 1.165) is 44.6 Å². The smallest absolute Gasteiger partial charge is 0.356 e. The van der Waals surface area contributed by atoms with Gasteiger partial charge in [-0.1, -0.05) is 26.2 Å². The second-order valence-corrected chi connectivity index (χ2v) is 9.13. The third-order valence-electron chi connectivity index (χ3n) is 6.60. The van der Waals surface area contributed by atoms with Crippen LogP contribution in [0.2, 0.25) is 0 Å². The number of halogens is 3. The molecule has 0 aromatic carbocycles. The molecule has 2 atom stereocenters. The highest BCUT2D eigenvalue weighted by Crippen LogP contribution is 2.36. The maximum Gasteiger partial charge on any atom is 0.419 e. The lowest BCUT2D eigenvalue weighted by Crippen LogP contribution is -2.50. The molecule has 9 heteroatoms. The van der Waals surface area contributed by atoms with Crippen molar-refractivity contribution in [2.75, 3.05) is 37.6 Å². The number of carbonyl (C=O) groups excluding carboxylic acids is 2. The van der Waals surface area contributed by atoms with Gasteiger partial charge in [0.1, 0.15) is 5.82 Å². The van der Waals surface area contributed by atoms with Crippen LogP contribution in [0.5, 0.6) is 0 Å². The van der Waals surface area contributed by atoms with Crippen LogP contribution in [-0.4, -0.2) is 54.4 Å². The molecule has 2 unspecified atom stereocenters. The molecule has 2 amide bonds. The number of piperidine rings is 2. The lowest BCUT2D eigenvalue weighted by molar-refractivity contribution is -0.139. The van der Waals surface area contributed by atoms with Crippen molar-refractivity contribution in [1.82, 2.24) is 15.2 Å². The second kappa shape index (κ2) is 11.7. The van der Waals surface area contributed by atoms with Crippen LogP contribution in [0.3, 0.4) is 0 Å². The molecule has 2 aliphatic heterocycles. The van der Waals surface area contributed by atoms with Crippen molar-refractivity contribution in [3.05, 3.63) is 23.9 Å². The van der Waals surface area contributed by atoms with Crippen LogP contribution in [0.1, 0.15) is 63.9 Å². The summed E-state index contributed by atoms with van der Waals surface area (Å²) < 4.78 is 40.3. The van der Waals surface area contributed by atoms with Crippen molar-refractivity contribution in [3.63, 3.8) is 0 Å². The van der Waals surface area contributed by atoms with Gasteiger partial charge >= 0.3 is 6.18 Å². The first kappa shape index (κ1) is 25.3. The van der Waals surface area contributed by atoms with Crippen LogP contribution in [0.4, 0.5) is 19.0 Å². The molecule has 0 aliphatic carbocycles. The Morgan fingerprint density at radius 1 is 1.09 bits per heavy atom. The number of aromatic nitrogens is 1. The molecule has 0 bridgehead atoms. The van der Waals surface area contributed by atoms with E-state index < -0.39 is 17.7 Å². The normalized spacial score (nSPS) is 21.7. The lowest BCUT2D eigenvalue weighted by Gasteiger charge is -2.38. The van der Waals surface area contributed by atoms with E-state index in [2.05, 4.69) is 17.2 Å². The largest absolute Gasteiger partial charge is 0.419 e. The number of anilines is 1. The molecule has 2 saturated heterocycles. The predicted molar refractivity (Wildman–Crippen MR) is 121 cm³/mol. The minimum absolute atomic E-state index is 0.00225. The van der Waals surface area contributed by atoms with Crippen molar-refractivity contribution in [2.24, 2.45) is 11.8 Å². The van der Waals surface area contributed by atoms with Crippen molar-refractivity contribution in [3.8, 4) is 0 Å². The van der Waals surface area contributed by atoms with Crippen LogP contribution >= 0.6 is 0 Å². The van der Waals surface area contributed by atoms with Crippen molar-refractivity contribution in [1.29, 1.82) is 0 Å². The molecule has 184 valence electrons. The van der Waals surface area contributed by atoms with Gasteiger partial charge in [0.25, 0.3) is 0 Å². The Hall–Kier alpha value is -2.32. The van der Waals surface area contributed by atoms with Crippen molar-refractivity contribution >= 4 is 17.6 Å². The van der Waals surface area contributed by atoms with E-state index in [9.17, 15) is 22.8 Å². The summed E-state index contributed by atoms with van der Waals surface area (Å²) in [6.45, 7) is 4.42. The number of nitrogens with zero attached hydrogens (tertiary/aromatic N) is 3. The third-order valence-corrected chi connectivity index (χ3v) is 6.60.